The molecule has 19 heavy (non-hydrogen) atoms. The molecule has 0 bridgehead atoms. The molecule has 1 N–H and O–H groups in total. The summed E-state index contributed by atoms with van der Waals surface area (Å²) in [4.78, 5) is 2.06. The zero-order valence-corrected chi connectivity index (χ0v) is 10.3. The quantitative estimate of drug-likeness (QED) is 0.908. The van der Waals surface area contributed by atoms with E-state index in [9.17, 15) is 9.50 Å². The van der Waals surface area contributed by atoms with E-state index in [-0.39, 0.29) is 11.9 Å². The maximum atomic E-state index is 12.8. The van der Waals surface area contributed by atoms with Crippen LogP contribution >= 0.6 is 0 Å². The van der Waals surface area contributed by atoms with Crippen molar-refractivity contribution in [2.75, 3.05) is 13.1 Å². The minimum absolute atomic E-state index is 0.264. The van der Waals surface area contributed by atoms with Crippen LogP contribution in [0.4, 0.5) is 4.39 Å². The van der Waals surface area contributed by atoms with Crippen molar-refractivity contribution in [1.82, 2.24) is 15.1 Å². The molecule has 0 amide bonds. The average molecular weight is 263 g/mol. The number of rotatable bonds is 3. The molecule has 1 aromatic carbocycles. The van der Waals surface area contributed by atoms with Gasteiger partial charge in [0.25, 0.3) is 0 Å². The third-order valence-electron chi connectivity index (χ3n) is 3.16. The number of aromatic nitrogens is 2. The first-order valence-electron chi connectivity index (χ1n) is 6.19. The number of hydrogen-bond donors (Lipinski definition) is 1. The molecule has 1 saturated heterocycles. The Morgan fingerprint density at radius 1 is 1.32 bits per heavy atom. The lowest BCUT2D eigenvalue weighted by molar-refractivity contribution is 0.171. The van der Waals surface area contributed by atoms with Crippen molar-refractivity contribution in [3.8, 4) is 11.5 Å². The molecule has 1 unspecified atom stereocenters. The van der Waals surface area contributed by atoms with Crippen LogP contribution in [0.5, 0.6) is 0 Å². The van der Waals surface area contributed by atoms with Crippen LogP contribution in [0.1, 0.15) is 12.3 Å². The second-order valence-corrected chi connectivity index (χ2v) is 4.69. The minimum Gasteiger partial charge on any atom is -0.419 e. The van der Waals surface area contributed by atoms with Crippen molar-refractivity contribution in [1.29, 1.82) is 0 Å². The summed E-state index contributed by atoms with van der Waals surface area (Å²) in [6.45, 7) is 1.99. The second kappa shape index (κ2) is 5.07. The van der Waals surface area contributed by atoms with Gasteiger partial charge in [-0.15, -0.1) is 10.2 Å². The number of aliphatic hydroxyl groups excluding tert-OH is 1. The van der Waals surface area contributed by atoms with Gasteiger partial charge >= 0.3 is 0 Å². The molecule has 0 aliphatic carbocycles. The number of halogens is 1. The Balaban J connectivity index is 1.71. The highest BCUT2D eigenvalue weighted by Crippen LogP contribution is 2.19. The maximum Gasteiger partial charge on any atom is 0.247 e. The van der Waals surface area contributed by atoms with E-state index in [1.807, 2.05) is 0 Å². The van der Waals surface area contributed by atoms with E-state index in [1.54, 1.807) is 12.1 Å². The second-order valence-electron chi connectivity index (χ2n) is 4.69. The zero-order chi connectivity index (χ0) is 13.2. The van der Waals surface area contributed by atoms with Crippen LogP contribution in [0.2, 0.25) is 0 Å². The van der Waals surface area contributed by atoms with E-state index in [4.69, 9.17) is 4.42 Å². The fourth-order valence-corrected chi connectivity index (χ4v) is 2.17. The Kier molecular flexibility index (Phi) is 3.27. The molecule has 1 aromatic heterocycles. The monoisotopic (exact) mass is 263 g/mol. The summed E-state index contributed by atoms with van der Waals surface area (Å²) in [7, 11) is 0. The Hall–Kier alpha value is -1.79. The smallest absolute Gasteiger partial charge is 0.247 e. The maximum absolute atomic E-state index is 12.8. The highest BCUT2D eigenvalue weighted by molar-refractivity contribution is 5.51. The van der Waals surface area contributed by atoms with Crippen LogP contribution in [-0.4, -0.2) is 39.4 Å². The molecule has 6 heteroatoms. The summed E-state index contributed by atoms with van der Waals surface area (Å²) in [6.07, 6.45) is 0.512. The molecular weight excluding hydrogens is 249 g/mol. The van der Waals surface area contributed by atoms with Crippen molar-refractivity contribution in [3.63, 3.8) is 0 Å². The molecule has 1 atom stereocenters. The molecule has 2 heterocycles. The Morgan fingerprint density at radius 2 is 2.11 bits per heavy atom. The Labute approximate surface area is 109 Å². The van der Waals surface area contributed by atoms with E-state index >= 15 is 0 Å². The van der Waals surface area contributed by atoms with Gasteiger partial charge in [-0.3, -0.25) is 4.90 Å². The number of likely N-dealkylation sites (tertiary alicyclic amines) is 1. The lowest BCUT2D eigenvalue weighted by Crippen LogP contribution is -2.21. The predicted molar refractivity (Wildman–Crippen MR) is 65.6 cm³/mol. The Bertz CT molecular complexity index is 555. The van der Waals surface area contributed by atoms with Crippen molar-refractivity contribution >= 4 is 0 Å². The normalized spacial score (nSPS) is 20.0. The number of nitrogens with zero attached hydrogens (tertiary/aromatic N) is 3. The molecule has 0 saturated carbocycles. The Morgan fingerprint density at radius 3 is 2.79 bits per heavy atom. The third-order valence-corrected chi connectivity index (χ3v) is 3.16. The molecule has 1 aliphatic heterocycles. The van der Waals surface area contributed by atoms with Crippen molar-refractivity contribution in [2.45, 2.75) is 19.1 Å². The minimum atomic E-state index is -0.297. The van der Waals surface area contributed by atoms with Crippen LogP contribution in [0.25, 0.3) is 11.5 Å². The molecule has 1 aliphatic rings. The van der Waals surface area contributed by atoms with Gasteiger partial charge in [-0.2, -0.15) is 0 Å². The molecule has 100 valence electrons. The van der Waals surface area contributed by atoms with Gasteiger partial charge in [0, 0.05) is 18.7 Å². The fourth-order valence-electron chi connectivity index (χ4n) is 2.17. The highest BCUT2D eigenvalue weighted by Gasteiger charge is 2.22. The van der Waals surface area contributed by atoms with Gasteiger partial charge in [-0.05, 0) is 30.7 Å². The summed E-state index contributed by atoms with van der Waals surface area (Å²) in [5.41, 5.74) is 0.696. The van der Waals surface area contributed by atoms with Crippen LogP contribution in [0.15, 0.2) is 28.7 Å². The lowest BCUT2D eigenvalue weighted by atomic mass is 10.2. The van der Waals surface area contributed by atoms with E-state index in [2.05, 4.69) is 15.1 Å². The standard InChI is InChI=1S/C13H14FN3O2/c14-10-3-1-9(2-4-10)13-16-15-12(19-13)8-17-6-5-11(18)7-17/h1-4,11,18H,5-8H2. The first-order chi connectivity index (χ1) is 9.20. The van der Waals surface area contributed by atoms with Gasteiger partial charge in [0.2, 0.25) is 11.8 Å². The summed E-state index contributed by atoms with van der Waals surface area (Å²) in [5, 5.41) is 17.4. The SMILES string of the molecule is OC1CCN(Cc2nnc(-c3ccc(F)cc3)o2)C1. The number of β-amino-alcohol motifs (C(OH)–C–C–N with tert-alkyl or cyclic N) is 1. The molecule has 3 rings (SSSR count). The molecule has 0 spiro atoms. The molecule has 5 nitrogen and oxygen atoms in total. The summed E-state index contributed by atoms with van der Waals surface area (Å²) in [5.74, 6) is 0.595. The molecule has 0 radical (unpaired) electrons. The van der Waals surface area contributed by atoms with E-state index in [0.29, 0.717) is 30.4 Å². The largest absolute Gasteiger partial charge is 0.419 e. The first kappa shape index (κ1) is 12.3. The molecule has 1 fully saturated rings. The number of aliphatic hydroxyl groups is 1. The first-order valence-corrected chi connectivity index (χ1v) is 6.19. The third kappa shape index (κ3) is 2.80. The van der Waals surface area contributed by atoms with Gasteiger partial charge in [-0.25, -0.2) is 4.39 Å². The summed E-state index contributed by atoms with van der Waals surface area (Å²) in [6, 6.07) is 5.92. The van der Waals surface area contributed by atoms with E-state index in [1.165, 1.54) is 12.1 Å². The topological polar surface area (TPSA) is 62.4 Å². The van der Waals surface area contributed by atoms with Crippen molar-refractivity contribution < 1.29 is 13.9 Å². The predicted octanol–water partition coefficient (Wildman–Crippen LogP) is 1.44. The lowest BCUT2D eigenvalue weighted by Gasteiger charge is -2.10. The van der Waals surface area contributed by atoms with E-state index in [0.717, 1.165) is 13.0 Å². The summed E-state index contributed by atoms with van der Waals surface area (Å²) < 4.78 is 18.4. The van der Waals surface area contributed by atoms with Crippen LogP contribution in [0, 0.1) is 5.82 Å². The van der Waals surface area contributed by atoms with Gasteiger partial charge in [-0.1, -0.05) is 0 Å². The van der Waals surface area contributed by atoms with Crippen LogP contribution in [0.3, 0.4) is 0 Å². The molecular formula is C13H14FN3O2. The van der Waals surface area contributed by atoms with Gasteiger partial charge in [0.15, 0.2) is 0 Å². The van der Waals surface area contributed by atoms with Crippen LogP contribution in [-0.2, 0) is 6.54 Å². The van der Waals surface area contributed by atoms with Crippen molar-refractivity contribution in [3.05, 3.63) is 36.0 Å². The fraction of sp³-hybridized carbons (Fsp3) is 0.385. The van der Waals surface area contributed by atoms with E-state index < -0.39 is 0 Å². The molecule has 2 aromatic rings. The van der Waals surface area contributed by atoms with Gasteiger partial charge in [0.1, 0.15) is 5.82 Å². The van der Waals surface area contributed by atoms with Crippen molar-refractivity contribution in [2.24, 2.45) is 0 Å². The van der Waals surface area contributed by atoms with Gasteiger partial charge in [0.05, 0.1) is 12.6 Å². The highest BCUT2D eigenvalue weighted by atomic mass is 19.1. The summed E-state index contributed by atoms with van der Waals surface area (Å²) >= 11 is 0. The number of hydrogen-bond acceptors (Lipinski definition) is 5. The average Bonchev–Trinajstić information content (AvgIpc) is 3.00. The zero-order valence-electron chi connectivity index (χ0n) is 10.3. The van der Waals surface area contributed by atoms with Crippen LogP contribution < -0.4 is 0 Å². The number of benzene rings is 1. The van der Waals surface area contributed by atoms with Gasteiger partial charge < -0.3 is 9.52 Å².